The average Bonchev–Trinajstić information content (AvgIpc) is 2.85. The first-order valence-electron chi connectivity index (χ1n) is 11.0. The molecule has 2 aromatic carbocycles. The number of aliphatic hydroxyl groups is 4. The topological polar surface area (TPSA) is 217 Å². The highest BCUT2D eigenvalue weighted by Gasteiger charge is 2.45. The molecule has 1 aromatic heterocycles. The number of hydrogen-bond acceptors (Lipinski definition) is 13. The van der Waals surface area contributed by atoms with Crippen LogP contribution in [0.3, 0.4) is 0 Å². The molecule has 6 atom stereocenters. The van der Waals surface area contributed by atoms with E-state index >= 15 is 0 Å². The lowest BCUT2D eigenvalue weighted by molar-refractivity contribution is -0.308. The number of aromatic hydroxyl groups is 3. The fraction of sp³-hybridized carbons (Fsp3) is 0.333. The molecular weight excluding hydrogens is 496 g/mol. The van der Waals surface area contributed by atoms with Crippen molar-refractivity contribution >= 4 is 16.9 Å². The first-order valence-corrected chi connectivity index (χ1v) is 11.0. The van der Waals surface area contributed by atoms with E-state index in [4.69, 9.17) is 18.6 Å². The van der Waals surface area contributed by atoms with E-state index in [9.17, 15) is 45.3 Å². The van der Waals surface area contributed by atoms with Crippen LogP contribution in [0.4, 0.5) is 0 Å². The van der Waals surface area contributed by atoms with E-state index in [-0.39, 0.29) is 33.8 Å². The maximum absolute atomic E-state index is 12.6. The van der Waals surface area contributed by atoms with Crippen molar-refractivity contribution < 1.29 is 59.2 Å². The van der Waals surface area contributed by atoms with Crippen LogP contribution in [0.25, 0.3) is 22.3 Å². The summed E-state index contributed by atoms with van der Waals surface area (Å²) in [5.74, 6) is -2.62. The number of fused-ring (bicyclic) bond motifs is 1. The molecule has 0 spiro atoms. The minimum absolute atomic E-state index is 0.00463. The van der Waals surface area contributed by atoms with Crippen molar-refractivity contribution in [2.45, 2.75) is 43.7 Å². The van der Waals surface area contributed by atoms with Crippen molar-refractivity contribution in [2.24, 2.45) is 0 Å². The van der Waals surface area contributed by atoms with E-state index in [2.05, 4.69) is 0 Å². The molecule has 37 heavy (non-hydrogen) atoms. The summed E-state index contributed by atoms with van der Waals surface area (Å²) in [5, 5.41) is 68.4. The van der Waals surface area contributed by atoms with Gasteiger partial charge in [0.05, 0.1) is 6.61 Å². The molecule has 1 aliphatic heterocycles. The third-order valence-electron chi connectivity index (χ3n) is 5.78. The average molecular weight is 520 g/mol. The molecule has 7 N–H and O–H groups in total. The van der Waals surface area contributed by atoms with Gasteiger partial charge in [-0.3, -0.25) is 4.79 Å². The van der Waals surface area contributed by atoms with Crippen molar-refractivity contribution in [3.05, 3.63) is 46.6 Å². The molecule has 13 nitrogen and oxygen atoms in total. The Kier molecular flexibility index (Phi) is 7.36. The summed E-state index contributed by atoms with van der Waals surface area (Å²) >= 11 is 0. The standard InChI is InChI=1S/C24H24O13/c1-9(34-24-22(32)21(31)20(30)18(8-25)37-24)23(33)35-11-5-14(28)19-15(29)7-16(36-17(19)6-11)10-2-3-12(26)13(27)4-10/h2-7,9,18,20-22,24-28,30-32H,8H2,1H3/t9-,18-,20-,21+,22+,24-/m1/s1. The smallest absolute Gasteiger partial charge is 0.340 e. The van der Waals surface area contributed by atoms with Gasteiger partial charge in [0, 0.05) is 23.8 Å². The molecular formula is C24H24O13. The molecule has 2 heterocycles. The van der Waals surface area contributed by atoms with Crippen molar-refractivity contribution in [1.29, 1.82) is 0 Å². The highest BCUT2D eigenvalue weighted by atomic mass is 16.7. The summed E-state index contributed by atoms with van der Waals surface area (Å²) in [6.45, 7) is 0.567. The summed E-state index contributed by atoms with van der Waals surface area (Å²) in [5.41, 5.74) is -0.531. The molecule has 0 saturated carbocycles. The van der Waals surface area contributed by atoms with Crippen LogP contribution in [0.2, 0.25) is 0 Å². The first-order chi connectivity index (χ1) is 17.5. The van der Waals surface area contributed by atoms with Crippen LogP contribution in [-0.2, 0) is 14.3 Å². The van der Waals surface area contributed by atoms with Gasteiger partial charge in [-0.15, -0.1) is 0 Å². The monoisotopic (exact) mass is 520 g/mol. The Morgan fingerprint density at radius 1 is 0.973 bits per heavy atom. The Morgan fingerprint density at radius 3 is 2.38 bits per heavy atom. The third kappa shape index (κ3) is 5.22. The van der Waals surface area contributed by atoms with Gasteiger partial charge in [0.1, 0.15) is 52.6 Å². The molecule has 13 heteroatoms. The quantitative estimate of drug-likeness (QED) is 0.126. The van der Waals surface area contributed by atoms with Crippen LogP contribution in [0.1, 0.15) is 6.92 Å². The molecule has 0 amide bonds. The highest BCUT2D eigenvalue weighted by Crippen LogP contribution is 2.34. The maximum atomic E-state index is 12.6. The van der Waals surface area contributed by atoms with E-state index in [1.807, 2.05) is 0 Å². The Hall–Kier alpha value is -3.72. The lowest BCUT2D eigenvalue weighted by atomic mass is 9.99. The van der Waals surface area contributed by atoms with Gasteiger partial charge >= 0.3 is 5.97 Å². The molecule has 0 aliphatic carbocycles. The van der Waals surface area contributed by atoms with Gasteiger partial charge < -0.3 is 54.4 Å². The van der Waals surface area contributed by atoms with E-state index in [1.165, 1.54) is 31.2 Å². The number of phenols is 3. The third-order valence-corrected chi connectivity index (χ3v) is 5.78. The number of phenolic OH excluding ortho intramolecular Hbond substituents is 3. The zero-order chi connectivity index (χ0) is 27.0. The lowest BCUT2D eigenvalue weighted by Crippen LogP contribution is -2.60. The molecule has 1 saturated heterocycles. The summed E-state index contributed by atoms with van der Waals surface area (Å²) in [6.07, 6.45) is -9.25. The lowest BCUT2D eigenvalue weighted by Gasteiger charge is -2.40. The van der Waals surface area contributed by atoms with Gasteiger partial charge in [0.15, 0.2) is 29.3 Å². The van der Waals surface area contributed by atoms with E-state index in [1.54, 1.807) is 0 Å². The predicted octanol–water partition coefficient (Wildman–Crippen LogP) is -0.313. The number of aliphatic hydroxyl groups excluding tert-OH is 4. The second-order valence-electron chi connectivity index (χ2n) is 8.39. The Morgan fingerprint density at radius 2 is 1.70 bits per heavy atom. The van der Waals surface area contributed by atoms with Crippen LogP contribution < -0.4 is 10.2 Å². The Labute approximate surface area is 207 Å². The Bertz CT molecular complexity index is 1360. The van der Waals surface area contributed by atoms with Crippen LogP contribution in [0, 0.1) is 0 Å². The first kappa shape index (κ1) is 26.3. The van der Waals surface area contributed by atoms with Gasteiger partial charge in [-0.25, -0.2) is 4.79 Å². The van der Waals surface area contributed by atoms with Crippen molar-refractivity contribution in [2.75, 3.05) is 6.61 Å². The number of rotatable bonds is 6. The maximum Gasteiger partial charge on any atom is 0.340 e. The SMILES string of the molecule is C[C@@H](O[C@@H]1O[C@H](CO)[C@@H](O)[C@H](O)[C@@H]1O)C(=O)Oc1cc(O)c2c(=O)cc(-c3ccc(O)c(O)c3)oc2c1. The van der Waals surface area contributed by atoms with Crippen molar-refractivity contribution in [3.63, 3.8) is 0 Å². The fourth-order valence-corrected chi connectivity index (χ4v) is 3.76. The minimum atomic E-state index is -1.73. The van der Waals surface area contributed by atoms with E-state index in [0.717, 1.165) is 12.1 Å². The summed E-state index contributed by atoms with van der Waals surface area (Å²) in [6, 6.07) is 7.00. The van der Waals surface area contributed by atoms with Crippen LogP contribution in [0.15, 0.2) is 45.6 Å². The van der Waals surface area contributed by atoms with Crippen molar-refractivity contribution in [3.8, 4) is 34.3 Å². The predicted molar refractivity (Wildman–Crippen MR) is 123 cm³/mol. The van der Waals surface area contributed by atoms with E-state index in [0.29, 0.717) is 0 Å². The summed E-state index contributed by atoms with van der Waals surface area (Å²) in [4.78, 5) is 25.2. The van der Waals surface area contributed by atoms with Gasteiger partial charge in [-0.05, 0) is 25.1 Å². The molecule has 0 radical (unpaired) electrons. The van der Waals surface area contributed by atoms with Crippen LogP contribution in [0.5, 0.6) is 23.0 Å². The zero-order valence-corrected chi connectivity index (χ0v) is 19.2. The fourth-order valence-electron chi connectivity index (χ4n) is 3.76. The summed E-state index contributed by atoms with van der Waals surface area (Å²) in [7, 11) is 0. The molecule has 0 unspecified atom stereocenters. The second-order valence-corrected chi connectivity index (χ2v) is 8.39. The van der Waals surface area contributed by atoms with Crippen LogP contribution >= 0.6 is 0 Å². The van der Waals surface area contributed by atoms with Crippen LogP contribution in [-0.4, -0.2) is 85.1 Å². The number of esters is 1. The van der Waals surface area contributed by atoms with Gasteiger partial charge in [-0.2, -0.15) is 0 Å². The largest absolute Gasteiger partial charge is 0.507 e. The van der Waals surface area contributed by atoms with Gasteiger partial charge in [-0.1, -0.05) is 0 Å². The molecule has 1 fully saturated rings. The van der Waals surface area contributed by atoms with Gasteiger partial charge in [0.2, 0.25) is 0 Å². The number of benzene rings is 2. The minimum Gasteiger partial charge on any atom is -0.507 e. The normalized spacial score (nSPS) is 24.6. The molecule has 3 aromatic rings. The Balaban J connectivity index is 1.56. The number of carbonyl (C=O) groups is 1. The number of carbonyl (C=O) groups excluding carboxylic acids is 1. The molecule has 4 rings (SSSR count). The van der Waals surface area contributed by atoms with Gasteiger partial charge in [0.25, 0.3) is 0 Å². The number of ether oxygens (including phenoxy) is 3. The highest BCUT2D eigenvalue weighted by molar-refractivity contribution is 5.87. The summed E-state index contributed by atoms with van der Waals surface area (Å²) < 4.78 is 21.4. The second kappa shape index (κ2) is 10.3. The number of hydrogen-bond donors (Lipinski definition) is 7. The van der Waals surface area contributed by atoms with E-state index < -0.39 is 66.3 Å². The molecule has 198 valence electrons. The zero-order valence-electron chi connectivity index (χ0n) is 19.2. The van der Waals surface area contributed by atoms with Crippen molar-refractivity contribution in [1.82, 2.24) is 0 Å². The molecule has 1 aliphatic rings. The molecule has 0 bridgehead atoms.